The smallest absolute Gasteiger partial charge is 0.242 e. The molecule has 2 aromatic heterocycles. The van der Waals surface area contributed by atoms with Gasteiger partial charge in [-0.15, -0.1) is 11.3 Å². The Kier molecular flexibility index (Phi) is 6.34. The summed E-state index contributed by atoms with van der Waals surface area (Å²) in [5.41, 5.74) is 11.4. The van der Waals surface area contributed by atoms with E-state index in [1.807, 2.05) is 31.2 Å². The summed E-state index contributed by atoms with van der Waals surface area (Å²) >= 11 is 1.60. The van der Waals surface area contributed by atoms with E-state index >= 15 is 0 Å². The highest BCUT2D eigenvalue weighted by molar-refractivity contribution is 7.14. The van der Waals surface area contributed by atoms with Crippen molar-refractivity contribution < 1.29 is 4.79 Å². The van der Waals surface area contributed by atoms with Crippen LogP contribution < -0.4 is 16.0 Å². The van der Waals surface area contributed by atoms with Crippen LogP contribution in [0, 0.1) is 6.92 Å². The van der Waals surface area contributed by atoms with Crippen LogP contribution in [0.25, 0.3) is 22.3 Å². The SMILES string of the molecule is Cc1ccc(-c2csc(N3CCC[C@@H]3C(=O)NCCn3c([C@H](C)N)nc4ccccc43)n2)cc1. The molecule has 3 heterocycles. The average molecular weight is 475 g/mol. The normalized spacial score (nSPS) is 16.8. The summed E-state index contributed by atoms with van der Waals surface area (Å²) in [6.45, 7) is 6.02. The Morgan fingerprint density at radius 1 is 1.21 bits per heavy atom. The molecule has 0 radical (unpaired) electrons. The molecule has 3 N–H and O–H groups in total. The van der Waals surface area contributed by atoms with E-state index in [9.17, 15) is 4.79 Å². The van der Waals surface area contributed by atoms with Crippen molar-refractivity contribution in [1.82, 2.24) is 19.9 Å². The highest BCUT2D eigenvalue weighted by atomic mass is 32.1. The minimum atomic E-state index is -0.190. The van der Waals surface area contributed by atoms with E-state index in [-0.39, 0.29) is 18.0 Å². The fourth-order valence-electron chi connectivity index (χ4n) is 4.61. The minimum absolute atomic E-state index is 0.0522. The van der Waals surface area contributed by atoms with Gasteiger partial charge in [-0.3, -0.25) is 4.79 Å². The number of nitrogens with one attached hydrogen (secondary N) is 1. The van der Waals surface area contributed by atoms with Crippen molar-refractivity contribution >= 4 is 33.4 Å². The second kappa shape index (κ2) is 9.56. The Balaban J connectivity index is 1.25. The number of hydrogen-bond donors (Lipinski definition) is 2. The molecule has 1 aliphatic rings. The molecule has 4 aromatic rings. The quantitative estimate of drug-likeness (QED) is 0.418. The standard InChI is InChI=1S/C26H30N6OS/c1-17-9-11-19(12-10-17)21-16-34-26(30-21)32-14-5-8-23(32)25(33)28-13-15-31-22-7-4-3-6-20(22)29-24(31)18(2)27/h3-4,6-7,9-12,16,18,23H,5,8,13-15,27H2,1-2H3,(H,28,33)/t18-,23+/m0/s1. The maximum absolute atomic E-state index is 13.1. The van der Waals surface area contributed by atoms with Crippen LogP contribution >= 0.6 is 11.3 Å². The molecule has 2 atom stereocenters. The van der Waals surface area contributed by atoms with Crippen LogP contribution in [0.3, 0.4) is 0 Å². The molecule has 1 fully saturated rings. The first-order chi connectivity index (χ1) is 16.5. The van der Waals surface area contributed by atoms with Crippen molar-refractivity contribution in [2.75, 3.05) is 18.0 Å². The van der Waals surface area contributed by atoms with Gasteiger partial charge in [0.25, 0.3) is 0 Å². The van der Waals surface area contributed by atoms with Gasteiger partial charge in [0, 0.05) is 30.6 Å². The van der Waals surface area contributed by atoms with Crippen molar-refractivity contribution in [2.45, 2.75) is 45.3 Å². The predicted octanol–water partition coefficient (Wildman–Crippen LogP) is 4.27. The van der Waals surface area contributed by atoms with Crippen LogP contribution in [0.1, 0.15) is 37.2 Å². The summed E-state index contributed by atoms with van der Waals surface area (Å²) in [4.78, 5) is 24.8. The average Bonchev–Trinajstić information content (AvgIpc) is 3.58. The number of aryl methyl sites for hydroxylation is 1. The third-order valence-electron chi connectivity index (χ3n) is 6.37. The molecule has 0 saturated carbocycles. The number of thiazole rings is 1. The lowest BCUT2D eigenvalue weighted by Crippen LogP contribution is -2.44. The minimum Gasteiger partial charge on any atom is -0.353 e. The first-order valence-electron chi connectivity index (χ1n) is 11.8. The third kappa shape index (κ3) is 4.43. The van der Waals surface area contributed by atoms with E-state index in [0.29, 0.717) is 13.1 Å². The summed E-state index contributed by atoms with van der Waals surface area (Å²) in [6, 6.07) is 16.0. The molecule has 1 amide bonds. The predicted molar refractivity (Wildman–Crippen MR) is 138 cm³/mol. The lowest BCUT2D eigenvalue weighted by molar-refractivity contribution is -0.122. The van der Waals surface area contributed by atoms with Crippen LogP contribution in [0.5, 0.6) is 0 Å². The molecule has 1 saturated heterocycles. The van der Waals surface area contributed by atoms with Crippen LogP contribution in [-0.4, -0.2) is 39.6 Å². The number of anilines is 1. The van der Waals surface area contributed by atoms with Crippen LogP contribution in [0.15, 0.2) is 53.9 Å². The monoisotopic (exact) mass is 474 g/mol. The fourth-order valence-corrected chi connectivity index (χ4v) is 5.52. The lowest BCUT2D eigenvalue weighted by Gasteiger charge is -2.23. The van der Waals surface area contributed by atoms with Gasteiger partial charge in [-0.1, -0.05) is 42.0 Å². The highest BCUT2D eigenvalue weighted by Crippen LogP contribution is 2.32. The van der Waals surface area contributed by atoms with E-state index in [2.05, 4.69) is 56.3 Å². The van der Waals surface area contributed by atoms with Gasteiger partial charge in [-0.05, 0) is 38.8 Å². The fraction of sp³-hybridized carbons (Fsp3) is 0.346. The van der Waals surface area contributed by atoms with E-state index in [1.165, 1.54) is 5.56 Å². The van der Waals surface area contributed by atoms with Crippen molar-refractivity contribution in [3.05, 3.63) is 65.3 Å². The number of hydrogen-bond acceptors (Lipinski definition) is 6. The summed E-state index contributed by atoms with van der Waals surface area (Å²) in [5, 5.41) is 6.13. The number of rotatable bonds is 7. The summed E-state index contributed by atoms with van der Waals surface area (Å²) in [7, 11) is 0. The van der Waals surface area contributed by atoms with Crippen LogP contribution in [0.2, 0.25) is 0 Å². The molecule has 5 rings (SSSR count). The van der Waals surface area contributed by atoms with Crippen LogP contribution in [0.4, 0.5) is 5.13 Å². The molecular weight excluding hydrogens is 444 g/mol. The molecule has 8 heteroatoms. The Labute approximate surface area is 203 Å². The Morgan fingerprint density at radius 2 is 2.00 bits per heavy atom. The number of para-hydroxylation sites is 2. The Bertz CT molecular complexity index is 1290. The zero-order valence-electron chi connectivity index (χ0n) is 19.6. The Hall–Kier alpha value is -3.23. The number of amides is 1. The lowest BCUT2D eigenvalue weighted by atomic mass is 10.1. The second-order valence-corrected chi connectivity index (χ2v) is 9.76. The zero-order valence-corrected chi connectivity index (χ0v) is 20.4. The van der Waals surface area contributed by atoms with Crippen molar-refractivity contribution in [3.8, 4) is 11.3 Å². The third-order valence-corrected chi connectivity index (χ3v) is 7.24. The van der Waals surface area contributed by atoms with Crippen molar-refractivity contribution in [1.29, 1.82) is 0 Å². The first-order valence-corrected chi connectivity index (χ1v) is 12.7. The molecule has 0 aliphatic carbocycles. The Morgan fingerprint density at radius 3 is 2.79 bits per heavy atom. The summed E-state index contributed by atoms with van der Waals surface area (Å²) in [5.74, 6) is 0.890. The zero-order chi connectivity index (χ0) is 23.7. The number of imidazole rings is 1. The van der Waals surface area contributed by atoms with Gasteiger partial charge in [-0.2, -0.15) is 0 Å². The molecule has 1 aliphatic heterocycles. The first kappa shape index (κ1) is 22.6. The molecule has 2 aromatic carbocycles. The highest BCUT2D eigenvalue weighted by Gasteiger charge is 2.32. The van der Waals surface area contributed by atoms with Gasteiger partial charge in [-0.25, -0.2) is 9.97 Å². The molecule has 7 nitrogen and oxygen atoms in total. The van der Waals surface area contributed by atoms with Gasteiger partial charge in [0.2, 0.25) is 5.91 Å². The maximum atomic E-state index is 13.1. The molecule has 34 heavy (non-hydrogen) atoms. The van der Waals surface area contributed by atoms with Gasteiger partial charge in [0.05, 0.1) is 22.8 Å². The van der Waals surface area contributed by atoms with Crippen molar-refractivity contribution in [3.63, 3.8) is 0 Å². The van der Waals surface area contributed by atoms with E-state index < -0.39 is 0 Å². The largest absolute Gasteiger partial charge is 0.353 e. The van der Waals surface area contributed by atoms with Gasteiger partial charge >= 0.3 is 0 Å². The topological polar surface area (TPSA) is 89.1 Å². The number of benzene rings is 2. The molecule has 0 bridgehead atoms. The van der Waals surface area contributed by atoms with E-state index in [4.69, 9.17) is 10.7 Å². The number of fused-ring (bicyclic) bond motifs is 1. The number of nitrogens with zero attached hydrogens (tertiary/aromatic N) is 4. The van der Waals surface area contributed by atoms with E-state index in [0.717, 1.165) is 52.6 Å². The number of carbonyl (C=O) groups is 1. The summed E-state index contributed by atoms with van der Waals surface area (Å²) < 4.78 is 2.11. The molecule has 0 unspecified atom stereocenters. The summed E-state index contributed by atoms with van der Waals surface area (Å²) in [6.07, 6.45) is 1.82. The van der Waals surface area contributed by atoms with Crippen LogP contribution in [-0.2, 0) is 11.3 Å². The van der Waals surface area contributed by atoms with Gasteiger partial charge < -0.3 is 20.5 Å². The number of nitrogens with two attached hydrogens (primary N) is 1. The maximum Gasteiger partial charge on any atom is 0.242 e. The second-order valence-electron chi connectivity index (χ2n) is 8.92. The number of carbonyl (C=O) groups excluding carboxylic acids is 1. The molecule has 176 valence electrons. The van der Waals surface area contributed by atoms with Gasteiger partial charge in [0.15, 0.2) is 5.13 Å². The molecular formula is C26H30N6OS. The van der Waals surface area contributed by atoms with Gasteiger partial charge in [0.1, 0.15) is 11.9 Å². The van der Waals surface area contributed by atoms with E-state index in [1.54, 1.807) is 11.3 Å². The number of aromatic nitrogens is 3. The van der Waals surface area contributed by atoms with Crippen molar-refractivity contribution in [2.24, 2.45) is 5.73 Å². The molecule has 0 spiro atoms.